The largest absolute Gasteiger partial charge is 0.482 e. The number of nitrogens with one attached hydrogen (secondary N) is 1. The molecular weight excluding hydrogens is 399 g/mol. The molecule has 0 unspecified atom stereocenters. The zero-order valence-corrected chi connectivity index (χ0v) is 17.7. The van der Waals surface area contributed by atoms with Gasteiger partial charge in [0.25, 0.3) is 5.91 Å². The molecule has 2 amide bonds. The van der Waals surface area contributed by atoms with E-state index in [-0.39, 0.29) is 18.4 Å². The predicted octanol–water partition coefficient (Wildman–Crippen LogP) is 4.23. The molecule has 0 aromatic heterocycles. The molecule has 0 saturated heterocycles. The van der Waals surface area contributed by atoms with Crippen LogP contribution in [-0.4, -0.2) is 36.4 Å². The van der Waals surface area contributed by atoms with Crippen molar-refractivity contribution < 1.29 is 14.3 Å². The Labute approximate surface area is 175 Å². The van der Waals surface area contributed by atoms with Crippen molar-refractivity contribution >= 4 is 35.0 Å². The highest BCUT2D eigenvalue weighted by Crippen LogP contribution is 2.27. The second-order valence-corrected chi connectivity index (χ2v) is 7.26. The molecule has 5 nitrogen and oxygen atoms in total. The Morgan fingerprint density at radius 1 is 1.18 bits per heavy atom. The molecule has 0 aliphatic carbocycles. The number of nitrogens with zero attached hydrogens (tertiary/aromatic N) is 1. The van der Waals surface area contributed by atoms with Gasteiger partial charge in [-0.15, -0.1) is 0 Å². The molecule has 0 saturated carbocycles. The van der Waals surface area contributed by atoms with Gasteiger partial charge in [-0.3, -0.25) is 9.59 Å². The lowest BCUT2D eigenvalue weighted by atomic mass is 10.1. The van der Waals surface area contributed by atoms with Crippen LogP contribution in [0.4, 0.5) is 0 Å². The van der Waals surface area contributed by atoms with Gasteiger partial charge in [-0.05, 0) is 37.1 Å². The van der Waals surface area contributed by atoms with E-state index in [1.54, 1.807) is 25.2 Å². The van der Waals surface area contributed by atoms with Crippen LogP contribution in [0, 0.1) is 6.92 Å². The van der Waals surface area contributed by atoms with Crippen LogP contribution in [0.5, 0.6) is 5.75 Å². The van der Waals surface area contributed by atoms with Gasteiger partial charge in [-0.2, -0.15) is 0 Å². The van der Waals surface area contributed by atoms with Crippen LogP contribution < -0.4 is 10.1 Å². The molecule has 0 heterocycles. The first-order chi connectivity index (χ1) is 13.3. The lowest BCUT2D eigenvalue weighted by Crippen LogP contribution is -2.49. The number of benzene rings is 2. The Hall–Kier alpha value is -2.24. The minimum absolute atomic E-state index is 0.215. The highest BCUT2D eigenvalue weighted by Gasteiger charge is 2.28. The number of hydrogen-bond donors (Lipinski definition) is 1. The van der Waals surface area contributed by atoms with Crippen LogP contribution in [0.25, 0.3) is 0 Å². The van der Waals surface area contributed by atoms with Gasteiger partial charge >= 0.3 is 0 Å². The number of ether oxygens (including phenoxy) is 1. The Kier molecular flexibility index (Phi) is 8.15. The van der Waals surface area contributed by atoms with Crippen molar-refractivity contribution in [3.63, 3.8) is 0 Å². The van der Waals surface area contributed by atoms with Gasteiger partial charge < -0.3 is 15.0 Å². The maximum Gasteiger partial charge on any atom is 0.261 e. The van der Waals surface area contributed by atoms with Gasteiger partial charge in [0.15, 0.2) is 6.61 Å². The first-order valence-electron chi connectivity index (χ1n) is 9.00. The van der Waals surface area contributed by atoms with Crippen molar-refractivity contribution in [1.82, 2.24) is 10.2 Å². The summed E-state index contributed by atoms with van der Waals surface area (Å²) in [7, 11) is 1.56. The molecule has 0 fully saturated rings. The van der Waals surface area contributed by atoms with Gasteiger partial charge in [0.2, 0.25) is 5.91 Å². The van der Waals surface area contributed by atoms with E-state index in [1.807, 2.05) is 38.1 Å². The fourth-order valence-corrected chi connectivity index (χ4v) is 3.37. The maximum absolute atomic E-state index is 13.0. The number of carbonyl (C=O) groups is 2. The zero-order valence-electron chi connectivity index (χ0n) is 16.2. The fraction of sp³-hybridized carbons (Fsp3) is 0.333. The normalized spacial score (nSPS) is 11.6. The van der Waals surface area contributed by atoms with Crippen molar-refractivity contribution in [2.24, 2.45) is 0 Å². The summed E-state index contributed by atoms with van der Waals surface area (Å²) in [6.45, 7) is 3.93. The smallest absolute Gasteiger partial charge is 0.261 e. The summed E-state index contributed by atoms with van der Waals surface area (Å²) in [6.07, 6.45) is 0.485. The Bertz CT molecular complexity index is 842. The summed E-state index contributed by atoms with van der Waals surface area (Å²) in [6, 6.07) is 12.0. The number of amides is 2. The molecule has 2 aromatic rings. The molecule has 0 spiro atoms. The number of aryl methyl sites for hydroxylation is 1. The summed E-state index contributed by atoms with van der Waals surface area (Å²) < 4.78 is 5.59. The van der Waals surface area contributed by atoms with E-state index in [1.165, 1.54) is 4.90 Å². The van der Waals surface area contributed by atoms with Gasteiger partial charge in [-0.25, -0.2) is 0 Å². The molecule has 28 heavy (non-hydrogen) atoms. The first kappa shape index (κ1) is 22.1. The summed E-state index contributed by atoms with van der Waals surface area (Å²) in [5, 5.41) is 3.43. The molecule has 150 valence electrons. The van der Waals surface area contributed by atoms with E-state index in [0.29, 0.717) is 28.8 Å². The fourth-order valence-electron chi connectivity index (χ4n) is 2.91. The monoisotopic (exact) mass is 422 g/mol. The van der Waals surface area contributed by atoms with Crippen LogP contribution in [0.2, 0.25) is 10.0 Å². The molecule has 0 aliphatic heterocycles. The van der Waals surface area contributed by atoms with E-state index in [4.69, 9.17) is 27.9 Å². The number of rotatable bonds is 8. The van der Waals surface area contributed by atoms with E-state index in [0.717, 1.165) is 11.1 Å². The summed E-state index contributed by atoms with van der Waals surface area (Å²) >= 11 is 12.0. The van der Waals surface area contributed by atoms with E-state index >= 15 is 0 Å². The van der Waals surface area contributed by atoms with Crippen LogP contribution in [0.1, 0.15) is 24.5 Å². The summed E-state index contributed by atoms with van der Waals surface area (Å²) in [4.78, 5) is 26.8. The van der Waals surface area contributed by atoms with Gasteiger partial charge in [0.1, 0.15) is 11.8 Å². The minimum Gasteiger partial charge on any atom is -0.482 e. The predicted molar refractivity (Wildman–Crippen MR) is 112 cm³/mol. The average molecular weight is 423 g/mol. The average Bonchev–Trinajstić information content (AvgIpc) is 2.66. The lowest BCUT2D eigenvalue weighted by molar-refractivity contribution is -0.142. The molecule has 2 aromatic carbocycles. The van der Waals surface area contributed by atoms with E-state index in [2.05, 4.69) is 5.32 Å². The van der Waals surface area contributed by atoms with Gasteiger partial charge in [-0.1, -0.05) is 60.0 Å². The van der Waals surface area contributed by atoms with Gasteiger partial charge in [0, 0.05) is 18.6 Å². The van der Waals surface area contributed by atoms with Crippen molar-refractivity contribution in [3.8, 4) is 5.75 Å². The molecule has 0 aliphatic rings. The molecular formula is C21H24Cl2N2O3. The van der Waals surface area contributed by atoms with Crippen molar-refractivity contribution in [1.29, 1.82) is 0 Å². The second kappa shape index (κ2) is 10.3. The third-order valence-electron chi connectivity index (χ3n) is 4.31. The molecule has 0 bridgehead atoms. The van der Waals surface area contributed by atoms with Crippen molar-refractivity contribution in [2.45, 2.75) is 32.9 Å². The number of hydrogen-bond acceptors (Lipinski definition) is 3. The molecule has 7 heteroatoms. The molecule has 0 radical (unpaired) electrons. The summed E-state index contributed by atoms with van der Waals surface area (Å²) in [5.74, 6) is -0.154. The molecule has 1 atom stereocenters. The Balaban J connectivity index is 2.21. The van der Waals surface area contributed by atoms with E-state index < -0.39 is 6.04 Å². The SMILES string of the molecule is CC[C@@H](C(=O)NC)N(Cc1cccc(C)c1)C(=O)COc1ccc(Cl)cc1Cl. The molecule has 2 rings (SSSR count). The summed E-state index contributed by atoms with van der Waals surface area (Å²) in [5.41, 5.74) is 2.03. The number of likely N-dealkylation sites (N-methyl/N-ethyl adjacent to an activating group) is 1. The lowest BCUT2D eigenvalue weighted by Gasteiger charge is -2.30. The third-order valence-corrected chi connectivity index (χ3v) is 4.84. The van der Waals surface area contributed by atoms with Crippen molar-refractivity contribution in [2.75, 3.05) is 13.7 Å². The zero-order chi connectivity index (χ0) is 20.7. The van der Waals surface area contributed by atoms with E-state index in [9.17, 15) is 9.59 Å². The quantitative estimate of drug-likeness (QED) is 0.691. The van der Waals surface area contributed by atoms with Crippen LogP contribution in [0.15, 0.2) is 42.5 Å². The Morgan fingerprint density at radius 2 is 1.93 bits per heavy atom. The van der Waals surface area contributed by atoms with Crippen LogP contribution >= 0.6 is 23.2 Å². The first-order valence-corrected chi connectivity index (χ1v) is 9.75. The highest BCUT2D eigenvalue weighted by molar-refractivity contribution is 6.35. The maximum atomic E-state index is 13.0. The second-order valence-electron chi connectivity index (χ2n) is 6.41. The minimum atomic E-state index is -0.595. The van der Waals surface area contributed by atoms with Gasteiger partial charge in [0.05, 0.1) is 5.02 Å². The Morgan fingerprint density at radius 3 is 2.54 bits per heavy atom. The standard InChI is InChI=1S/C21H24Cl2N2O3/c1-4-18(21(27)24-3)25(12-15-7-5-6-14(2)10-15)20(26)13-28-19-9-8-16(22)11-17(19)23/h5-11,18H,4,12-13H2,1-3H3,(H,24,27)/t18-/m0/s1. The number of carbonyl (C=O) groups excluding carboxylic acids is 2. The van der Waals surface area contributed by atoms with Crippen LogP contribution in [-0.2, 0) is 16.1 Å². The molecule has 1 N–H and O–H groups in total. The third kappa shape index (κ3) is 5.88. The van der Waals surface area contributed by atoms with Crippen LogP contribution in [0.3, 0.4) is 0 Å². The van der Waals surface area contributed by atoms with Crippen molar-refractivity contribution in [3.05, 3.63) is 63.6 Å². The topological polar surface area (TPSA) is 58.6 Å². The highest BCUT2D eigenvalue weighted by atomic mass is 35.5. The number of halogens is 2.